The second-order valence-corrected chi connectivity index (χ2v) is 9.82. The number of para-hydroxylation sites is 1. The Bertz CT molecular complexity index is 890. The van der Waals surface area contributed by atoms with Crippen LogP contribution in [0.25, 0.3) is 10.4 Å². The van der Waals surface area contributed by atoms with E-state index in [1.165, 1.54) is 4.88 Å². The molecule has 1 saturated heterocycles. The van der Waals surface area contributed by atoms with Gasteiger partial charge in [0.25, 0.3) is 0 Å². The van der Waals surface area contributed by atoms with Crippen LogP contribution in [0.5, 0.6) is 0 Å². The Labute approximate surface area is 170 Å². The molecule has 0 unspecified atom stereocenters. The molecule has 0 saturated carbocycles. The van der Waals surface area contributed by atoms with E-state index in [0.29, 0.717) is 5.56 Å². The quantitative estimate of drug-likeness (QED) is 0.740. The number of piperidine rings is 1. The van der Waals surface area contributed by atoms with Crippen molar-refractivity contribution in [2.45, 2.75) is 52.1 Å². The van der Waals surface area contributed by atoms with E-state index in [2.05, 4.69) is 30.9 Å². The molecule has 0 radical (unpaired) electrons. The molecule has 0 amide bonds. The molecule has 2 aromatic rings. The fourth-order valence-electron chi connectivity index (χ4n) is 4.55. The predicted octanol–water partition coefficient (Wildman–Crippen LogP) is 4.49. The number of anilines is 1. The van der Waals surface area contributed by atoms with Gasteiger partial charge in [-0.25, -0.2) is 10.7 Å². The molecule has 150 valence electrons. The van der Waals surface area contributed by atoms with Crippen molar-refractivity contribution in [3.05, 3.63) is 40.3 Å². The topological polar surface area (TPSA) is 75.8 Å². The van der Waals surface area contributed by atoms with Crippen molar-refractivity contribution in [1.82, 2.24) is 0 Å². The number of rotatable bonds is 4. The highest BCUT2D eigenvalue weighted by atomic mass is 32.1. The number of benzene rings is 1. The second kappa shape index (κ2) is 7.50. The van der Waals surface area contributed by atoms with Gasteiger partial charge in [0.05, 0.1) is 16.5 Å². The highest BCUT2D eigenvalue weighted by molar-refractivity contribution is 7.16. The lowest BCUT2D eigenvalue weighted by Crippen LogP contribution is -2.41. The first kappa shape index (κ1) is 19.4. The van der Waals surface area contributed by atoms with Crippen molar-refractivity contribution < 1.29 is 14.7 Å². The number of nitrogens with zero attached hydrogens (tertiary/aromatic N) is 1. The molecular formula is C22H28N2O3S. The van der Waals surface area contributed by atoms with E-state index in [0.717, 1.165) is 66.9 Å². The molecule has 3 N–H and O–H groups in total. The van der Waals surface area contributed by atoms with E-state index in [-0.39, 0.29) is 11.5 Å². The lowest BCUT2D eigenvalue weighted by atomic mass is 9.76. The fraction of sp³-hybridized carbons (Fsp3) is 0.500. The van der Waals surface area contributed by atoms with Crippen LogP contribution in [0, 0.1) is 5.41 Å². The summed E-state index contributed by atoms with van der Waals surface area (Å²) < 4.78 is 0. The third kappa shape index (κ3) is 3.56. The van der Waals surface area contributed by atoms with Crippen LogP contribution >= 0.6 is 11.3 Å². The average molecular weight is 401 g/mol. The zero-order valence-electron chi connectivity index (χ0n) is 16.5. The summed E-state index contributed by atoms with van der Waals surface area (Å²) in [6.45, 7) is 6.12. The Balaban J connectivity index is 1.81. The molecule has 5 nitrogen and oxygen atoms in total. The van der Waals surface area contributed by atoms with Gasteiger partial charge < -0.3 is 10.0 Å². The molecule has 2 aliphatic rings. The van der Waals surface area contributed by atoms with Gasteiger partial charge in [-0.15, -0.1) is 11.3 Å². The van der Waals surface area contributed by atoms with Gasteiger partial charge in [0, 0.05) is 29.2 Å². The molecule has 1 aromatic heterocycles. The van der Waals surface area contributed by atoms with Crippen molar-refractivity contribution in [2.24, 2.45) is 11.3 Å². The normalized spacial score (nSPS) is 21.4. The van der Waals surface area contributed by atoms with Crippen molar-refractivity contribution in [1.29, 1.82) is 0 Å². The van der Waals surface area contributed by atoms with Gasteiger partial charge >= 0.3 is 5.97 Å². The molecule has 28 heavy (non-hydrogen) atoms. The van der Waals surface area contributed by atoms with Crippen LogP contribution in [0.15, 0.2) is 24.3 Å². The van der Waals surface area contributed by atoms with E-state index >= 15 is 0 Å². The smallest absolute Gasteiger partial charge is 0.337 e. The lowest BCUT2D eigenvalue weighted by molar-refractivity contribution is 0.0435. The zero-order valence-corrected chi connectivity index (χ0v) is 17.3. The molecule has 0 bridgehead atoms. The minimum absolute atomic E-state index is 0.0121. The van der Waals surface area contributed by atoms with Crippen LogP contribution in [-0.2, 0) is 17.7 Å². The summed E-state index contributed by atoms with van der Waals surface area (Å²) in [4.78, 5) is 21.8. The first-order chi connectivity index (χ1) is 13.4. The Morgan fingerprint density at radius 1 is 1.36 bits per heavy atom. The number of aromatic carboxylic acids is 1. The molecule has 1 aliphatic heterocycles. The number of hydrogen-bond donors (Lipinski definition) is 2. The maximum absolute atomic E-state index is 12.3. The maximum atomic E-state index is 12.3. The van der Waals surface area contributed by atoms with Crippen molar-refractivity contribution in [3.63, 3.8) is 0 Å². The number of thiophene rings is 1. The van der Waals surface area contributed by atoms with Crippen LogP contribution < -0.4 is 10.8 Å². The molecule has 1 aromatic carbocycles. The van der Waals surface area contributed by atoms with Crippen molar-refractivity contribution >= 4 is 23.0 Å². The third-order valence-corrected chi connectivity index (χ3v) is 7.37. The van der Waals surface area contributed by atoms with Gasteiger partial charge in [-0.2, -0.15) is 0 Å². The fourth-order valence-corrected chi connectivity index (χ4v) is 5.89. The van der Waals surface area contributed by atoms with Crippen LogP contribution in [0.4, 0.5) is 5.69 Å². The number of carboxylic acid groups (broad SMARTS) is 1. The van der Waals surface area contributed by atoms with Crippen LogP contribution in [0.2, 0.25) is 0 Å². The minimum atomic E-state index is -0.818. The maximum Gasteiger partial charge on any atom is 0.337 e. The van der Waals surface area contributed by atoms with E-state index in [9.17, 15) is 9.90 Å². The summed E-state index contributed by atoms with van der Waals surface area (Å²) in [6.07, 6.45) is 4.87. The van der Waals surface area contributed by atoms with Crippen LogP contribution in [0.3, 0.4) is 0 Å². The first-order valence-electron chi connectivity index (χ1n) is 9.97. The van der Waals surface area contributed by atoms with E-state index < -0.39 is 5.97 Å². The molecule has 4 rings (SSSR count). The summed E-state index contributed by atoms with van der Waals surface area (Å²) in [6, 6.07) is 8.15. The molecule has 6 heteroatoms. The van der Waals surface area contributed by atoms with Gasteiger partial charge in [0.15, 0.2) is 0 Å². The summed E-state index contributed by atoms with van der Waals surface area (Å²) in [7, 11) is 0. The number of nitrogens with two attached hydrogens (primary N) is 1. The molecule has 1 aliphatic carbocycles. The largest absolute Gasteiger partial charge is 0.478 e. The number of carbonyl (C=O) groups is 1. The van der Waals surface area contributed by atoms with Gasteiger partial charge in [-0.05, 0) is 49.1 Å². The van der Waals surface area contributed by atoms with Crippen LogP contribution in [-0.4, -0.2) is 30.3 Å². The number of fused-ring (bicyclic) bond motifs is 1. The van der Waals surface area contributed by atoms with Gasteiger partial charge in [0.2, 0.25) is 0 Å². The summed E-state index contributed by atoms with van der Waals surface area (Å²) in [5.41, 5.74) is 3.77. The lowest BCUT2D eigenvalue weighted by Gasteiger charge is -2.34. The minimum Gasteiger partial charge on any atom is -0.478 e. The zero-order chi connectivity index (χ0) is 19.9. The van der Waals surface area contributed by atoms with Crippen molar-refractivity contribution in [2.75, 3.05) is 18.0 Å². The van der Waals surface area contributed by atoms with Gasteiger partial charge in [0.1, 0.15) is 0 Å². The number of hydrogen-bond acceptors (Lipinski definition) is 5. The Morgan fingerprint density at radius 3 is 2.89 bits per heavy atom. The summed E-state index contributed by atoms with van der Waals surface area (Å²) in [5, 5.41) is 10.1. The number of aryl methyl sites for hydroxylation is 1. The Morgan fingerprint density at radius 2 is 2.14 bits per heavy atom. The average Bonchev–Trinajstić information content (AvgIpc) is 3.05. The predicted molar refractivity (Wildman–Crippen MR) is 113 cm³/mol. The van der Waals surface area contributed by atoms with Crippen LogP contribution in [0.1, 0.15) is 53.9 Å². The molecule has 1 fully saturated rings. The van der Waals surface area contributed by atoms with E-state index in [4.69, 9.17) is 10.7 Å². The third-order valence-electron chi connectivity index (χ3n) is 6.05. The number of carboxylic acids is 1. The summed E-state index contributed by atoms with van der Waals surface area (Å²) in [5.74, 6) is 4.63. The second-order valence-electron chi connectivity index (χ2n) is 8.72. The van der Waals surface area contributed by atoms with Crippen molar-refractivity contribution in [3.8, 4) is 10.4 Å². The molecule has 1 atom stereocenters. The Kier molecular flexibility index (Phi) is 5.21. The molecular weight excluding hydrogens is 372 g/mol. The molecule has 0 spiro atoms. The SMILES string of the molecule is CC1(C)CCc2sc(-c3ccccc3N3CCC[C@H](ON)C3)c(C(=O)O)c2C1. The first-order valence-corrected chi connectivity index (χ1v) is 10.8. The van der Waals surface area contributed by atoms with E-state index in [1.807, 2.05) is 12.1 Å². The van der Waals surface area contributed by atoms with Gasteiger partial charge in [-0.1, -0.05) is 32.0 Å². The van der Waals surface area contributed by atoms with E-state index in [1.54, 1.807) is 11.3 Å². The summed E-state index contributed by atoms with van der Waals surface area (Å²) >= 11 is 1.67. The molecule has 2 heterocycles. The van der Waals surface area contributed by atoms with Gasteiger partial charge in [-0.3, -0.25) is 4.84 Å². The monoisotopic (exact) mass is 400 g/mol. The standard InChI is InChI=1S/C22H28N2O3S/c1-22(2)10-9-18-16(12-22)19(21(25)26)20(28-18)15-7-3-4-8-17(15)24-11-5-6-14(13-24)27-23/h3-4,7-8,14H,5-6,9-13,23H2,1-2H3,(H,25,26)/t14-/m0/s1. The highest BCUT2D eigenvalue weighted by Gasteiger charge is 2.34. The Hall–Kier alpha value is -1.89. The highest BCUT2D eigenvalue weighted by Crippen LogP contribution is 2.47.